The minimum atomic E-state index is 0.313. The molecule has 1 amide bonds. The molecule has 3 rings (SSSR count). The third kappa shape index (κ3) is 4.23. The first kappa shape index (κ1) is 18.4. The van der Waals surface area contributed by atoms with E-state index in [0.717, 1.165) is 51.3 Å². The van der Waals surface area contributed by atoms with Crippen molar-refractivity contribution in [3.05, 3.63) is 18.2 Å². The van der Waals surface area contributed by atoms with Crippen LogP contribution >= 0.6 is 0 Å². The Hall–Kier alpha value is -1.40. The van der Waals surface area contributed by atoms with Gasteiger partial charge in [-0.2, -0.15) is 0 Å². The van der Waals surface area contributed by atoms with Gasteiger partial charge in [0.1, 0.15) is 5.82 Å². The van der Waals surface area contributed by atoms with E-state index in [1.807, 2.05) is 6.20 Å². The molecule has 0 radical (unpaired) electrons. The molecule has 2 fully saturated rings. The number of fused-ring (bicyclic) bond motifs is 1. The molecule has 25 heavy (non-hydrogen) atoms. The van der Waals surface area contributed by atoms with Crippen molar-refractivity contribution in [2.75, 3.05) is 33.4 Å². The van der Waals surface area contributed by atoms with Crippen LogP contribution in [0, 0.1) is 5.92 Å². The van der Waals surface area contributed by atoms with Crippen LogP contribution in [0.3, 0.4) is 0 Å². The summed E-state index contributed by atoms with van der Waals surface area (Å²) in [6.45, 7) is 8.75. The first-order valence-electron chi connectivity index (χ1n) is 9.62. The highest BCUT2D eigenvalue weighted by Gasteiger charge is 2.37. The highest BCUT2D eigenvalue weighted by Crippen LogP contribution is 2.31. The number of imidazole rings is 1. The van der Waals surface area contributed by atoms with Gasteiger partial charge in [-0.05, 0) is 39.0 Å². The van der Waals surface area contributed by atoms with E-state index in [2.05, 4.69) is 39.4 Å². The van der Waals surface area contributed by atoms with Crippen LogP contribution < -0.4 is 0 Å². The largest absolute Gasteiger partial charge is 0.383 e. The highest BCUT2D eigenvalue weighted by atomic mass is 16.5. The Morgan fingerprint density at radius 3 is 2.96 bits per heavy atom. The van der Waals surface area contributed by atoms with Gasteiger partial charge in [0.2, 0.25) is 5.91 Å². The van der Waals surface area contributed by atoms with Gasteiger partial charge in [-0.3, -0.25) is 9.69 Å². The predicted octanol–water partition coefficient (Wildman–Crippen LogP) is 2.31. The van der Waals surface area contributed by atoms with Crippen LogP contribution in [-0.4, -0.2) is 64.7 Å². The molecule has 2 saturated heterocycles. The zero-order chi connectivity index (χ0) is 17.8. The normalized spacial score (nSPS) is 25.3. The lowest BCUT2D eigenvalue weighted by molar-refractivity contribution is -0.135. The minimum absolute atomic E-state index is 0.313. The van der Waals surface area contributed by atoms with Crippen LogP contribution in [0.5, 0.6) is 0 Å². The molecule has 0 aliphatic carbocycles. The second kappa shape index (κ2) is 8.32. The number of carbonyl (C=O) groups excluding carboxylic acids is 1. The van der Waals surface area contributed by atoms with Gasteiger partial charge >= 0.3 is 0 Å². The lowest BCUT2D eigenvalue weighted by Crippen LogP contribution is -2.52. The topological polar surface area (TPSA) is 50.6 Å². The lowest BCUT2D eigenvalue weighted by atomic mass is 9.88. The molecule has 2 atom stereocenters. The van der Waals surface area contributed by atoms with Crippen LogP contribution in [0.2, 0.25) is 0 Å². The summed E-state index contributed by atoms with van der Waals surface area (Å²) in [5.41, 5.74) is 0. The summed E-state index contributed by atoms with van der Waals surface area (Å²) < 4.78 is 7.48. The van der Waals surface area contributed by atoms with Crippen LogP contribution in [-0.2, 0) is 16.1 Å². The molecule has 1 aromatic heterocycles. The summed E-state index contributed by atoms with van der Waals surface area (Å²) in [5.74, 6) is 2.03. The van der Waals surface area contributed by atoms with Crippen molar-refractivity contribution in [1.82, 2.24) is 19.4 Å². The van der Waals surface area contributed by atoms with E-state index in [9.17, 15) is 4.79 Å². The SMILES string of the molecule is COCCN1C(=O)CCC[C@H]2CN(Cc3nccn3C(C)C)CC[C@H]21. The van der Waals surface area contributed by atoms with E-state index in [1.165, 1.54) is 0 Å². The fourth-order valence-electron chi connectivity index (χ4n) is 4.39. The van der Waals surface area contributed by atoms with Crippen molar-refractivity contribution < 1.29 is 9.53 Å². The lowest BCUT2D eigenvalue weighted by Gasteiger charge is -2.42. The van der Waals surface area contributed by atoms with Gasteiger partial charge in [0, 0.05) is 57.6 Å². The molecule has 140 valence electrons. The number of aromatic nitrogens is 2. The highest BCUT2D eigenvalue weighted by molar-refractivity contribution is 5.76. The monoisotopic (exact) mass is 348 g/mol. The van der Waals surface area contributed by atoms with Gasteiger partial charge in [0.25, 0.3) is 0 Å². The van der Waals surface area contributed by atoms with Crippen molar-refractivity contribution in [2.24, 2.45) is 5.92 Å². The van der Waals surface area contributed by atoms with E-state index >= 15 is 0 Å². The summed E-state index contributed by atoms with van der Waals surface area (Å²) in [6, 6.07) is 0.821. The summed E-state index contributed by atoms with van der Waals surface area (Å²) in [5, 5.41) is 0. The molecule has 6 nitrogen and oxygen atoms in total. The summed E-state index contributed by atoms with van der Waals surface area (Å²) >= 11 is 0. The molecule has 2 aliphatic heterocycles. The van der Waals surface area contributed by atoms with Crippen LogP contribution in [0.25, 0.3) is 0 Å². The molecular weight excluding hydrogens is 316 g/mol. The fraction of sp³-hybridized carbons (Fsp3) is 0.789. The quantitative estimate of drug-likeness (QED) is 0.792. The predicted molar refractivity (Wildman–Crippen MR) is 97.2 cm³/mol. The maximum atomic E-state index is 12.5. The van der Waals surface area contributed by atoms with Crippen molar-refractivity contribution in [1.29, 1.82) is 0 Å². The number of carbonyl (C=O) groups is 1. The molecule has 2 aliphatic rings. The Labute approximate surface area is 151 Å². The molecule has 0 saturated carbocycles. The second-order valence-corrected chi connectivity index (χ2v) is 7.67. The Kier molecular flexibility index (Phi) is 6.12. The Morgan fingerprint density at radius 2 is 2.20 bits per heavy atom. The summed E-state index contributed by atoms with van der Waals surface area (Å²) in [6.07, 6.45) is 7.88. The van der Waals surface area contributed by atoms with Crippen LogP contribution in [0.1, 0.15) is 51.4 Å². The zero-order valence-electron chi connectivity index (χ0n) is 15.9. The Balaban J connectivity index is 1.66. The van der Waals surface area contributed by atoms with Gasteiger partial charge in [0.05, 0.1) is 13.2 Å². The average Bonchev–Trinajstić information content (AvgIpc) is 2.98. The van der Waals surface area contributed by atoms with Crippen molar-refractivity contribution >= 4 is 5.91 Å². The fourth-order valence-corrected chi connectivity index (χ4v) is 4.39. The first-order valence-corrected chi connectivity index (χ1v) is 9.62. The number of hydrogen-bond donors (Lipinski definition) is 0. The number of methoxy groups -OCH3 is 1. The number of amides is 1. The van der Waals surface area contributed by atoms with Gasteiger partial charge in [0.15, 0.2) is 0 Å². The molecule has 0 spiro atoms. The van der Waals surface area contributed by atoms with Crippen molar-refractivity contribution in [3.8, 4) is 0 Å². The molecule has 0 unspecified atom stereocenters. The number of nitrogens with zero attached hydrogens (tertiary/aromatic N) is 4. The maximum absolute atomic E-state index is 12.5. The molecule has 0 aromatic carbocycles. The van der Waals surface area contributed by atoms with E-state index in [0.29, 0.717) is 36.9 Å². The Bertz CT molecular complexity index is 572. The molecular formula is C19H32N4O2. The number of likely N-dealkylation sites (tertiary alicyclic amines) is 2. The number of rotatable bonds is 6. The van der Waals surface area contributed by atoms with Gasteiger partial charge in [-0.25, -0.2) is 4.98 Å². The molecule has 6 heteroatoms. The smallest absolute Gasteiger partial charge is 0.222 e. The molecule has 0 bridgehead atoms. The third-order valence-corrected chi connectivity index (χ3v) is 5.67. The van der Waals surface area contributed by atoms with Crippen LogP contribution in [0.15, 0.2) is 12.4 Å². The van der Waals surface area contributed by atoms with Gasteiger partial charge in [-0.1, -0.05) is 0 Å². The summed E-state index contributed by atoms with van der Waals surface area (Å²) in [4.78, 5) is 21.7. The number of ether oxygens (including phenoxy) is 1. The number of piperidine rings is 1. The van der Waals surface area contributed by atoms with Gasteiger partial charge in [-0.15, -0.1) is 0 Å². The minimum Gasteiger partial charge on any atom is -0.383 e. The maximum Gasteiger partial charge on any atom is 0.222 e. The number of hydrogen-bond acceptors (Lipinski definition) is 4. The summed E-state index contributed by atoms with van der Waals surface area (Å²) in [7, 11) is 1.71. The van der Waals surface area contributed by atoms with E-state index < -0.39 is 0 Å². The second-order valence-electron chi connectivity index (χ2n) is 7.67. The van der Waals surface area contributed by atoms with Crippen molar-refractivity contribution in [2.45, 2.75) is 58.2 Å². The van der Waals surface area contributed by atoms with Gasteiger partial charge < -0.3 is 14.2 Å². The van der Waals surface area contributed by atoms with E-state index in [4.69, 9.17) is 4.74 Å². The zero-order valence-corrected chi connectivity index (χ0v) is 15.9. The van der Waals surface area contributed by atoms with Crippen molar-refractivity contribution in [3.63, 3.8) is 0 Å². The third-order valence-electron chi connectivity index (χ3n) is 5.67. The average molecular weight is 348 g/mol. The van der Waals surface area contributed by atoms with E-state index in [1.54, 1.807) is 7.11 Å². The first-order chi connectivity index (χ1) is 12.1. The van der Waals surface area contributed by atoms with E-state index in [-0.39, 0.29) is 0 Å². The molecule has 0 N–H and O–H groups in total. The molecule has 3 heterocycles. The standard InChI is InChI=1S/C19H32N4O2/c1-15(2)22-10-8-20-18(22)14-21-9-7-17-16(13-21)5-4-6-19(24)23(17)11-12-25-3/h8,10,15-17H,4-7,9,11-14H2,1-3H3/t16-,17+/m0/s1. The Morgan fingerprint density at radius 1 is 1.36 bits per heavy atom. The molecule has 1 aromatic rings. The van der Waals surface area contributed by atoms with Crippen LogP contribution in [0.4, 0.5) is 0 Å².